The second-order valence-corrected chi connectivity index (χ2v) is 5.00. The third kappa shape index (κ3) is 3.49. The number of ether oxygens (including phenoxy) is 1. The standard InChI is InChI=1S/C12H23N5O/c1-4-7-13-10(12(18-3)9-5-6-9)8-11-14-16-17(2)15-11/h9-10,12-13H,4-8H2,1-3H3. The number of nitrogens with one attached hydrogen (secondary N) is 1. The zero-order chi connectivity index (χ0) is 13.0. The second kappa shape index (κ2) is 6.24. The molecule has 1 fully saturated rings. The van der Waals surface area contributed by atoms with Crippen LogP contribution in [0.3, 0.4) is 0 Å². The van der Waals surface area contributed by atoms with Gasteiger partial charge in [-0.2, -0.15) is 4.80 Å². The molecule has 18 heavy (non-hydrogen) atoms. The molecule has 1 heterocycles. The van der Waals surface area contributed by atoms with E-state index in [-0.39, 0.29) is 12.1 Å². The summed E-state index contributed by atoms with van der Waals surface area (Å²) >= 11 is 0. The molecule has 1 aromatic rings. The largest absolute Gasteiger partial charge is 0.380 e. The Hall–Kier alpha value is -1.01. The highest BCUT2D eigenvalue weighted by atomic mass is 16.5. The molecule has 2 unspecified atom stereocenters. The Kier molecular flexibility index (Phi) is 4.66. The molecule has 1 aliphatic carbocycles. The number of nitrogens with zero attached hydrogens (tertiary/aromatic N) is 4. The van der Waals surface area contributed by atoms with Crippen LogP contribution < -0.4 is 5.32 Å². The van der Waals surface area contributed by atoms with Gasteiger partial charge in [0.2, 0.25) is 0 Å². The summed E-state index contributed by atoms with van der Waals surface area (Å²) in [5, 5.41) is 15.8. The summed E-state index contributed by atoms with van der Waals surface area (Å²) < 4.78 is 5.67. The molecule has 0 saturated heterocycles. The maximum absolute atomic E-state index is 5.67. The van der Waals surface area contributed by atoms with Crippen molar-refractivity contribution >= 4 is 0 Å². The van der Waals surface area contributed by atoms with Crippen LogP contribution in [0.1, 0.15) is 32.0 Å². The highest BCUT2D eigenvalue weighted by Gasteiger charge is 2.37. The van der Waals surface area contributed by atoms with Crippen molar-refractivity contribution in [1.82, 2.24) is 25.5 Å². The van der Waals surface area contributed by atoms with Crippen molar-refractivity contribution < 1.29 is 4.74 Å². The lowest BCUT2D eigenvalue weighted by molar-refractivity contribution is 0.0505. The minimum atomic E-state index is 0.264. The molecule has 2 rings (SSSR count). The molecule has 1 N–H and O–H groups in total. The zero-order valence-corrected chi connectivity index (χ0v) is 11.5. The van der Waals surface area contributed by atoms with Gasteiger partial charge < -0.3 is 10.1 Å². The van der Waals surface area contributed by atoms with Crippen LogP contribution in [0.4, 0.5) is 0 Å². The highest BCUT2D eigenvalue weighted by molar-refractivity contribution is 4.95. The van der Waals surface area contributed by atoms with Gasteiger partial charge in [0.1, 0.15) is 0 Å². The number of aromatic nitrogens is 4. The fourth-order valence-electron chi connectivity index (χ4n) is 2.35. The van der Waals surface area contributed by atoms with Crippen LogP contribution in [0.2, 0.25) is 0 Å². The minimum Gasteiger partial charge on any atom is -0.380 e. The first kappa shape index (κ1) is 13.4. The van der Waals surface area contributed by atoms with E-state index in [1.165, 1.54) is 17.6 Å². The summed E-state index contributed by atoms with van der Waals surface area (Å²) in [7, 11) is 3.59. The van der Waals surface area contributed by atoms with E-state index in [9.17, 15) is 0 Å². The van der Waals surface area contributed by atoms with Gasteiger partial charge in [-0.25, -0.2) is 0 Å². The van der Waals surface area contributed by atoms with E-state index < -0.39 is 0 Å². The molecule has 0 spiro atoms. The molecule has 1 aromatic heterocycles. The number of tetrazole rings is 1. The van der Waals surface area contributed by atoms with E-state index in [0.29, 0.717) is 5.92 Å². The Morgan fingerprint density at radius 2 is 2.28 bits per heavy atom. The van der Waals surface area contributed by atoms with Gasteiger partial charge in [-0.1, -0.05) is 6.92 Å². The van der Waals surface area contributed by atoms with Gasteiger partial charge in [0.25, 0.3) is 0 Å². The van der Waals surface area contributed by atoms with Gasteiger partial charge in [-0.3, -0.25) is 0 Å². The molecular weight excluding hydrogens is 230 g/mol. The highest BCUT2D eigenvalue weighted by Crippen LogP contribution is 2.36. The summed E-state index contributed by atoms with van der Waals surface area (Å²) in [6, 6.07) is 0.284. The van der Waals surface area contributed by atoms with Gasteiger partial charge in [0.15, 0.2) is 5.82 Å². The SMILES string of the molecule is CCCNC(Cc1nnn(C)n1)C(OC)C1CC1. The van der Waals surface area contributed by atoms with Crippen molar-refractivity contribution in [2.75, 3.05) is 13.7 Å². The predicted molar refractivity (Wildman–Crippen MR) is 68.1 cm³/mol. The molecular formula is C12H23N5O. The maximum atomic E-state index is 5.67. The lowest BCUT2D eigenvalue weighted by Gasteiger charge is -2.26. The number of rotatable bonds is 8. The van der Waals surface area contributed by atoms with Crippen molar-refractivity contribution in [2.45, 2.75) is 44.8 Å². The quantitative estimate of drug-likeness (QED) is 0.733. The molecule has 0 amide bonds. The molecule has 1 saturated carbocycles. The summed E-state index contributed by atoms with van der Waals surface area (Å²) in [6.45, 7) is 3.17. The van der Waals surface area contributed by atoms with Crippen LogP contribution >= 0.6 is 0 Å². The monoisotopic (exact) mass is 253 g/mol. The molecule has 0 bridgehead atoms. The third-order valence-corrected chi connectivity index (χ3v) is 3.36. The second-order valence-electron chi connectivity index (χ2n) is 5.00. The van der Waals surface area contributed by atoms with Crippen LogP contribution in [-0.4, -0.2) is 46.0 Å². The molecule has 0 radical (unpaired) electrons. The average Bonchev–Trinajstić information content (AvgIpc) is 3.11. The van der Waals surface area contributed by atoms with Crippen molar-refractivity contribution in [3.8, 4) is 0 Å². The Bertz CT molecular complexity index is 363. The smallest absolute Gasteiger partial charge is 0.176 e. The molecule has 6 heteroatoms. The first-order chi connectivity index (χ1) is 8.74. The number of hydrogen-bond acceptors (Lipinski definition) is 5. The third-order valence-electron chi connectivity index (χ3n) is 3.36. The molecule has 2 atom stereocenters. The van der Waals surface area contributed by atoms with E-state index in [0.717, 1.165) is 25.2 Å². The van der Waals surface area contributed by atoms with Gasteiger partial charge in [-0.15, -0.1) is 10.2 Å². The summed E-state index contributed by atoms with van der Waals surface area (Å²) in [6.07, 6.45) is 4.71. The summed E-state index contributed by atoms with van der Waals surface area (Å²) in [5.74, 6) is 1.48. The normalized spacial score (nSPS) is 18.8. The summed E-state index contributed by atoms with van der Waals surface area (Å²) in [5.41, 5.74) is 0. The fraction of sp³-hybridized carbons (Fsp3) is 0.917. The Labute approximate surface area is 108 Å². The van der Waals surface area contributed by atoms with Crippen molar-refractivity contribution in [1.29, 1.82) is 0 Å². The van der Waals surface area contributed by atoms with E-state index in [4.69, 9.17) is 4.74 Å². The molecule has 0 aliphatic heterocycles. The fourth-order valence-corrected chi connectivity index (χ4v) is 2.35. The maximum Gasteiger partial charge on any atom is 0.176 e. The van der Waals surface area contributed by atoms with E-state index in [2.05, 4.69) is 27.7 Å². The van der Waals surface area contributed by atoms with Crippen LogP contribution in [-0.2, 0) is 18.2 Å². The summed E-state index contributed by atoms with van der Waals surface area (Å²) in [4.78, 5) is 1.51. The zero-order valence-electron chi connectivity index (χ0n) is 11.5. The topological polar surface area (TPSA) is 64.9 Å². The van der Waals surface area contributed by atoms with Crippen LogP contribution in [0, 0.1) is 5.92 Å². The van der Waals surface area contributed by atoms with Gasteiger partial charge >= 0.3 is 0 Å². The van der Waals surface area contributed by atoms with Crippen molar-refractivity contribution in [3.63, 3.8) is 0 Å². The van der Waals surface area contributed by atoms with E-state index >= 15 is 0 Å². The van der Waals surface area contributed by atoms with Crippen LogP contribution in [0.5, 0.6) is 0 Å². The minimum absolute atomic E-state index is 0.264. The Balaban J connectivity index is 1.98. The number of methoxy groups -OCH3 is 1. The first-order valence-electron chi connectivity index (χ1n) is 6.73. The van der Waals surface area contributed by atoms with Gasteiger partial charge in [-0.05, 0) is 36.9 Å². The van der Waals surface area contributed by atoms with Gasteiger partial charge in [0.05, 0.1) is 13.2 Å². The van der Waals surface area contributed by atoms with E-state index in [1.807, 2.05) is 0 Å². The van der Waals surface area contributed by atoms with Crippen LogP contribution in [0.15, 0.2) is 0 Å². The molecule has 102 valence electrons. The Morgan fingerprint density at radius 1 is 1.50 bits per heavy atom. The average molecular weight is 253 g/mol. The molecule has 6 nitrogen and oxygen atoms in total. The van der Waals surface area contributed by atoms with E-state index in [1.54, 1.807) is 14.2 Å². The predicted octanol–water partition coefficient (Wildman–Crippen LogP) is 0.546. The number of aryl methyl sites for hydroxylation is 1. The lowest BCUT2D eigenvalue weighted by atomic mass is 10.0. The first-order valence-corrected chi connectivity index (χ1v) is 6.73. The van der Waals surface area contributed by atoms with Crippen molar-refractivity contribution in [3.05, 3.63) is 5.82 Å². The van der Waals surface area contributed by atoms with Crippen LogP contribution in [0.25, 0.3) is 0 Å². The van der Waals surface area contributed by atoms with Gasteiger partial charge in [0, 0.05) is 19.6 Å². The molecule has 0 aromatic carbocycles. The lowest BCUT2D eigenvalue weighted by Crippen LogP contribution is -2.44. The Morgan fingerprint density at radius 3 is 2.78 bits per heavy atom. The molecule has 1 aliphatic rings. The van der Waals surface area contributed by atoms with Crippen molar-refractivity contribution in [2.24, 2.45) is 13.0 Å². The number of hydrogen-bond donors (Lipinski definition) is 1.